The lowest BCUT2D eigenvalue weighted by molar-refractivity contribution is 0.520. The van der Waals surface area contributed by atoms with Crippen LogP contribution in [0.15, 0.2) is 86.3 Å². The van der Waals surface area contributed by atoms with Gasteiger partial charge < -0.3 is 0 Å². The number of hydrogen-bond donors (Lipinski definition) is 1. The molecule has 0 atom stereocenters. The number of hydrogen-bond acceptors (Lipinski definition) is 6. The number of nitrogens with one attached hydrogen (secondary N) is 1. The number of benzene rings is 3. The third-order valence-electron chi connectivity index (χ3n) is 4.93. The van der Waals surface area contributed by atoms with E-state index in [1.54, 1.807) is 38.1 Å². The van der Waals surface area contributed by atoms with Gasteiger partial charge in [0.15, 0.2) is 0 Å². The van der Waals surface area contributed by atoms with Gasteiger partial charge in [-0.25, -0.2) is 29.6 Å². The van der Waals surface area contributed by atoms with Gasteiger partial charge in [-0.15, -0.1) is 0 Å². The molecule has 0 heterocycles. The van der Waals surface area contributed by atoms with Gasteiger partial charge in [0.05, 0.1) is 25.3 Å². The number of sulfone groups is 1. The highest BCUT2D eigenvalue weighted by atomic mass is 32.2. The van der Waals surface area contributed by atoms with Gasteiger partial charge in [0.2, 0.25) is 19.9 Å². The van der Waals surface area contributed by atoms with Gasteiger partial charge in [-0.05, 0) is 56.3 Å². The standard InChI is InChI=1S/C22H24N2O6S3/c1-16-5-9-18(10-6-16)31(25,26)22-14-13-20(33(29,30)24(3)4)15-21(22)23-32(27,28)19-11-7-17(2)8-12-19/h5-15,23H,1-4H3. The third kappa shape index (κ3) is 5.11. The van der Waals surface area contributed by atoms with E-state index in [1.807, 2.05) is 0 Å². The van der Waals surface area contributed by atoms with Crippen LogP contribution in [0.25, 0.3) is 0 Å². The number of anilines is 1. The minimum atomic E-state index is -4.21. The summed E-state index contributed by atoms with van der Waals surface area (Å²) in [6.45, 7) is 3.60. The van der Waals surface area contributed by atoms with E-state index in [4.69, 9.17) is 0 Å². The lowest BCUT2D eigenvalue weighted by atomic mass is 10.2. The molecule has 1 N–H and O–H groups in total. The van der Waals surface area contributed by atoms with Crippen LogP contribution < -0.4 is 4.72 Å². The van der Waals surface area contributed by atoms with Crippen LogP contribution in [0.1, 0.15) is 11.1 Å². The molecule has 11 heteroatoms. The molecule has 0 aliphatic rings. The fourth-order valence-electron chi connectivity index (χ4n) is 2.96. The van der Waals surface area contributed by atoms with Crippen molar-refractivity contribution < 1.29 is 25.3 Å². The summed E-state index contributed by atoms with van der Waals surface area (Å²) in [5.74, 6) is 0. The molecule has 0 radical (unpaired) electrons. The molecule has 0 fully saturated rings. The lowest BCUT2D eigenvalue weighted by Crippen LogP contribution is -2.23. The molecule has 0 saturated heterocycles. The first-order chi connectivity index (χ1) is 15.2. The number of nitrogens with zero attached hydrogens (tertiary/aromatic N) is 1. The van der Waals surface area contributed by atoms with E-state index in [0.717, 1.165) is 33.6 Å². The lowest BCUT2D eigenvalue weighted by Gasteiger charge is -2.17. The van der Waals surface area contributed by atoms with Crippen molar-refractivity contribution in [3.05, 3.63) is 77.9 Å². The molecule has 3 aromatic carbocycles. The van der Waals surface area contributed by atoms with Crippen LogP contribution in [-0.4, -0.2) is 43.7 Å². The number of sulfonamides is 2. The first-order valence-electron chi connectivity index (χ1n) is 9.73. The second-order valence-corrected chi connectivity index (χ2v) is 13.4. The molecule has 0 aromatic heterocycles. The zero-order chi connectivity index (χ0) is 24.6. The summed E-state index contributed by atoms with van der Waals surface area (Å²) in [5.41, 5.74) is 1.33. The van der Waals surface area contributed by atoms with Crippen molar-refractivity contribution in [1.29, 1.82) is 0 Å². The highest BCUT2D eigenvalue weighted by molar-refractivity contribution is 7.93. The largest absolute Gasteiger partial charge is 0.278 e. The van der Waals surface area contributed by atoms with Crippen LogP contribution in [0, 0.1) is 13.8 Å². The van der Waals surface area contributed by atoms with Crippen molar-refractivity contribution in [2.75, 3.05) is 18.8 Å². The van der Waals surface area contributed by atoms with Gasteiger partial charge >= 0.3 is 0 Å². The third-order valence-corrected chi connectivity index (χ3v) is 9.95. The molecule has 0 aliphatic heterocycles. The predicted octanol–water partition coefficient (Wildman–Crippen LogP) is 3.19. The number of aryl methyl sites for hydroxylation is 2. The molecule has 3 rings (SSSR count). The highest BCUT2D eigenvalue weighted by Crippen LogP contribution is 2.32. The maximum absolute atomic E-state index is 13.3. The zero-order valence-corrected chi connectivity index (χ0v) is 20.9. The van der Waals surface area contributed by atoms with Crippen molar-refractivity contribution >= 4 is 35.6 Å². The first kappa shape index (κ1) is 24.9. The Morgan fingerprint density at radius 2 is 1.09 bits per heavy atom. The summed E-state index contributed by atoms with van der Waals surface area (Å²) in [4.78, 5) is -0.753. The molecule has 33 heavy (non-hydrogen) atoms. The fraction of sp³-hybridized carbons (Fsp3) is 0.182. The van der Waals surface area contributed by atoms with E-state index in [9.17, 15) is 25.3 Å². The van der Waals surface area contributed by atoms with Gasteiger partial charge in [0.25, 0.3) is 10.0 Å². The Kier molecular flexibility index (Phi) is 6.72. The second kappa shape index (κ2) is 8.90. The van der Waals surface area contributed by atoms with Gasteiger partial charge in [0.1, 0.15) is 0 Å². The molecule has 0 bridgehead atoms. The van der Waals surface area contributed by atoms with Gasteiger partial charge in [-0.3, -0.25) is 4.72 Å². The van der Waals surface area contributed by atoms with Crippen LogP contribution in [-0.2, 0) is 29.9 Å². The minimum Gasteiger partial charge on any atom is -0.278 e. The van der Waals surface area contributed by atoms with Crippen LogP contribution in [0.2, 0.25) is 0 Å². The van der Waals surface area contributed by atoms with Crippen LogP contribution >= 0.6 is 0 Å². The summed E-state index contributed by atoms with van der Waals surface area (Å²) < 4.78 is 81.1. The normalized spacial score (nSPS) is 12.6. The highest BCUT2D eigenvalue weighted by Gasteiger charge is 2.27. The SMILES string of the molecule is Cc1ccc(S(=O)(=O)Nc2cc(S(=O)(=O)N(C)C)ccc2S(=O)(=O)c2ccc(C)cc2)cc1. The predicted molar refractivity (Wildman–Crippen MR) is 126 cm³/mol. The van der Waals surface area contributed by atoms with Crippen LogP contribution in [0.4, 0.5) is 5.69 Å². The molecule has 3 aromatic rings. The molecular formula is C22H24N2O6S3. The average molecular weight is 509 g/mol. The average Bonchev–Trinajstić information content (AvgIpc) is 2.73. The Labute approximate surface area is 194 Å². The van der Waals surface area contributed by atoms with Gasteiger partial charge in [0, 0.05) is 14.1 Å². The zero-order valence-electron chi connectivity index (χ0n) is 18.5. The van der Waals surface area contributed by atoms with Crippen molar-refractivity contribution in [3.8, 4) is 0 Å². The van der Waals surface area contributed by atoms with Gasteiger partial charge in [-0.2, -0.15) is 0 Å². The van der Waals surface area contributed by atoms with E-state index in [-0.39, 0.29) is 25.3 Å². The Balaban J connectivity index is 2.22. The second-order valence-electron chi connectivity index (χ2n) is 7.68. The Morgan fingerprint density at radius 1 is 0.636 bits per heavy atom. The maximum Gasteiger partial charge on any atom is 0.261 e. The fourth-order valence-corrected chi connectivity index (χ4v) is 6.42. The molecule has 0 saturated carbocycles. The van der Waals surface area contributed by atoms with Crippen molar-refractivity contribution in [1.82, 2.24) is 4.31 Å². The summed E-state index contributed by atoms with van der Waals surface area (Å²) in [6.07, 6.45) is 0. The quantitative estimate of drug-likeness (QED) is 0.524. The molecule has 0 amide bonds. The molecule has 8 nitrogen and oxygen atoms in total. The topological polar surface area (TPSA) is 118 Å². The summed E-state index contributed by atoms with van der Waals surface area (Å²) in [5, 5.41) is 0. The van der Waals surface area contributed by atoms with Crippen LogP contribution in [0.3, 0.4) is 0 Å². The molecular weight excluding hydrogens is 484 g/mol. The van der Waals surface area contributed by atoms with E-state index < -0.39 is 29.9 Å². The maximum atomic E-state index is 13.3. The molecule has 0 unspecified atom stereocenters. The first-order valence-corrected chi connectivity index (χ1v) is 14.1. The molecule has 176 valence electrons. The summed E-state index contributed by atoms with van der Waals surface area (Å²) in [6, 6.07) is 15.3. The minimum absolute atomic E-state index is 0.0490. The molecule has 0 spiro atoms. The van der Waals surface area contributed by atoms with E-state index in [1.165, 1.54) is 38.4 Å². The Hall–Kier alpha value is -2.73. The summed E-state index contributed by atoms with van der Waals surface area (Å²) in [7, 11) is -9.68. The van der Waals surface area contributed by atoms with Crippen molar-refractivity contribution in [2.45, 2.75) is 33.4 Å². The summed E-state index contributed by atoms with van der Waals surface area (Å²) >= 11 is 0. The smallest absolute Gasteiger partial charge is 0.261 e. The van der Waals surface area contributed by atoms with Crippen LogP contribution in [0.5, 0.6) is 0 Å². The van der Waals surface area contributed by atoms with Crippen molar-refractivity contribution in [2.24, 2.45) is 0 Å². The molecule has 0 aliphatic carbocycles. The van der Waals surface area contributed by atoms with Gasteiger partial charge in [-0.1, -0.05) is 35.4 Å². The van der Waals surface area contributed by atoms with E-state index in [2.05, 4.69) is 4.72 Å². The monoisotopic (exact) mass is 508 g/mol. The Bertz CT molecular complexity index is 1490. The Morgan fingerprint density at radius 3 is 1.58 bits per heavy atom. The number of rotatable bonds is 7. The van der Waals surface area contributed by atoms with E-state index >= 15 is 0 Å². The van der Waals surface area contributed by atoms with Crippen molar-refractivity contribution in [3.63, 3.8) is 0 Å². The van der Waals surface area contributed by atoms with E-state index in [0.29, 0.717) is 0 Å².